The summed E-state index contributed by atoms with van der Waals surface area (Å²) in [5.74, 6) is -2.44. The lowest BCUT2D eigenvalue weighted by Crippen LogP contribution is -2.43. The summed E-state index contributed by atoms with van der Waals surface area (Å²) in [6.07, 6.45) is -0.303. The van der Waals surface area contributed by atoms with Crippen molar-refractivity contribution in [3.63, 3.8) is 0 Å². The van der Waals surface area contributed by atoms with Gasteiger partial charge < -0.3 is 14.2 Å². The Bertz CT molecular complexity index is 1020. The zero-order valence-corrected chi connectivity index (χ0v) is 21.5. The van der Waals surface area contributed by atoms with Crippen LogP contribution in [0.1, 0.15) is 44.7 Å². The van der Waals surface area contributed by atoms with Gasteiger partial charge in [-0.05, 0) is 58.2 Å². The van der Waals surface area contributed by atoms with E-state index in [0.717, 1.165) is 11.1 Å². The second kappa shape index (κ2) is 14.0. The third kappa shape index (κ3) is 9.08. The van der Waals surface area contributed by atoms with Gasteiger partial charge in [-0.15, -0.1) is 0 Å². The number of esters is 2. The van der Waals surface area contributed by atoms with E-state index in [0.29, 0.717) is 0 Å². The van der Waals surface area contributed by atoms with Crippen LogP contribution in [-0.4, -0.2) is 45.7 Å². The van der Waals surface area contributed by atoms with Gasteiger partial charge in [0.25, 0.3) is 0 Å². The van der Waals surface area contributed by atoms with Crippen molar-refractivity contribution in [1.29, 1.82) is 0 Å². The Balaban J connectivity index is 2.19. The molecule has 0 aliphatic carbocycles. The molecule has 0 aliphatic rings. The number of rotatable bonds is 14. The van der Waals surface area contributed by atoms with Crippen LogP contribution < -0.4 is 4.72 Å². The van der Waals surface area contributed by atoms with Crippen LogP contribution in [0.2, 0.25) is 0 Å². The highest BCUT2D eigenvalue weighted by Gasteiger charge is 2.32. The molecule has 1 N–H and O–H groups in total. The summed E-state index contributed by atoms with van der Waals surface area (Å²) in [4.78, 5) is 24.9. The molecule has 0 spiro atoms. The van der Waals surface area contributed by atoms with Crippen molar-refractivity contribution in [2.24, 2.45) is 5.92 Å². The van der Waals surface area contributed by atoms with Gasteiger partial charge in [-0.3, -0.25) is 9.59 Å². The van der Waals surface area contributed by atoms with Gasteiger partial charge in [-0.25, -0.2) is 13.1 Å². The third-order valence-electron chi connectivity index (χ3n) is 5.42. The average molecular weight is 506 g/mol. The molecular formula is C26H35NO7S. The van der Waals surface area contributed by atoms with Crippen molar-refractivity contribution in [3.8, 4) is 0 Å². The normalized spacial score (nSPS) is 13.3. The number of aryl methyl sites for hydroxylation is 1. The van der Waals surface area contributed by atoms with Gasteiger partial charge in [-0.2, -0.15) is 0 Å². The molecule has 0 heterocycles. The first-order valence-corrected chi connectivity index (χ1v) is 13.2. The van der Waals surface area contributed by atoms with Crippen LogP contribution in [0.3, 0.4) is 0 Å². The summed E-state index contributed by atoms with van der Waals surface area (Å²) in [6, 6.07) is 15.4. The quantitative estimate of drug-likeness (QED) is 0.308. The van der Waals surface area contributed by atoms with Gasteiger partial charge in [0.2, 0.25) is 10.0 Å². The van der Waals surface area contributed by atoms with Gasteiger partial charge in [0, 0.05) is 6.04 Å². The first kappa shape index (κ1) is 28.5. The van der Waals surface area contributed by atoms with E-state index in [4.69, 9.17) is 14.2 Å². The highest BCUT2D eigenvalue weighted by molar-refractivity contribution is 7.89. The second-order valence-corrected chi connectivity index (χ2v) is 9.91. The van der Waals surface area contributed by atoms with Crippen molar-refractivity contribution in [2.75, 3.05) is 13.2 Å². The van der Waals surface area contributed by atoms with Gasteiger partial charge >= 0.3 is 11.9 Å². The van der Waals surface area contributed by atoms with Crippen LogP contribution in [0.15, 0.2) is 59.5 Å². The highest BCUT2D eigenvalue weighted by atomic mass is 32.2. The van der Waals surface area contributed by atoms with E-state index < -0.39 is 40.0 Å². The first-order chi connectivity index (χ1) is 16.7. The fraction of sp³-hybridized carbons (Fsp3) is 0.462. The van der Waals surface area contributed by atoms with Gasteiger partial charge in [0.05, 0.1) is 30.8 Å². The maximum absolute atomic E-state index is 12.9. The lowest BCUT2D eigenvalue weighted by atomic mass is 9.98. The molecule has 2 atom stereocenters. The Morgan fingerprint density at radius 1 is 0.886 bits per heavy atom. The minimum Gasteiger partial charge on any atom is -0.465 e. The molecule has 0 bridgehead atoms. The Morgan fingerprint density at radius 3 is 2.00 bits per heavy atom. The number of nitrogens with one attached hydrogen (secondary N) is 1. The van der Waals surface area contributed by atoms with Gasteiger partial charge in [0.1, 0.15) is 0 Å². The first-order valence-electron chi connectivity index (χ1n) is 11.8. The van der Waals surface area contributed by atoms with Gasteiger partial charge in [0.15, 0.2) is 5.92 Å². The Hall–Kier alpha value is -2.75. The summed E-state index contributed by atoms with van der Waals surface area (Å²) in [7, 11) is -3.81. The van der Waals surface area contributed by atoms with E-state index in [1.165, 1.54) is 0 Å². The zero-order valence-electron chi connectivity index (χ0n) is 20.7. The fourth-order valence-electron chi connectivity index (χ4n) is 3.51. The maximum Gasteiger partial charge on any atom is 0.320 e. The molecule has 0 fully saturated rings. The monoisotopic (exact) mass is 505 g/mol. The van der Waals surface area contributed by atoms with Crippen molar-refractivity contribution < 1.29 is 32.2 Å². The number of hydrogen-bond donors (Lipinski definition) is 1. The molecule has 0 saturated heterocycles. The molecule has 8 nitrogen and oxygen atoms in total. The summed E-state index contributed by atoms with van der Waals surface area (Å²) < 4.78 is 44.7. The average Bonchev–Trinajstić information content (AvgIpc) is 2.82. The Labute approximate surface area is 208 Å². The maximum atomic E-state index is 12.9. The van der Waals surface area contributed by atoms with E-state index in [2.05, 4.69) is 4.72 Å². The summed E-state index contributed by atoms with van der Waals surface area (Å²) in [6.45, 7) is 7.41. The van der Waals surface area contributed by atoms with Crippen LogP contribution in [0.4, 0.5) is 0 Å². The Morgan fingerprint density at radius 2 is 1.46 bits per heavy atom. The summed E-state index contributed by atoms with van der Waals surface area (Å²) in [5, 5.41) is 0. The zero-order chi connectivity index (χ0) is 25.8. The summed E-state index contributed by atoms with van der Waals surface area (Å²) >= 11 is 0. The molecule has 2 aromatic carbocycles. The molecule has 0 radical (unpaired) electrons. The van der Waals surface area contributed by atoms with Crippen LogP contribution in [0.5, 0.6) is 0 Å². The second-order valence-electron chi connectivity index (χ2n) is 8.19. The van der Waals surface area contributed by atoms with Crippen molar-refractivity contribution in [2.45, 2.75) is 64.2 Å². The predicted molar refractivity (Wildman–Crippen MR) is 132 cm³/mol. The SMILES string of the molecule is CCOC(=O)C(CC[C@@H](OCc1ccccc1)[C@H](C)NS(=O)(=O)c1ccc(C)cc1)C(=O)OCC. The molecule has 192 valence electrons. The number of ether oxygens (including phenoxy) is 3. The van der Waals surface area contributed by atoms with E-state index >= 15 is 0 Å². The van der Waals surface area contributed by atoms with Gasteiger partial charge in [-0.1, -0.05) is 48.0 Å². The minimum atomic E-state index is -3.81. The van der Waals surface area contributed by atoms with Crippen LogP contribution in [-0.2, 0) is 40.4 Å². The highest BCUT2D eigenvalue weighted by Crippen LogP contribution is 2.20. The van der Waals surface area contributed by atoms with E-state index in [1.807, 2.05) is 37.3 Å². The molecule has 2 aromatic rings. The molecular weight excluding hydrogens is 470 g/mol. The smallest absolute Gasteiger partial charge is 0.320 e. The van der Waals surface area contributed by atoms with Crippen molar-refractivity contribution >= 4 is 22.0 Å². The molecule has 0 saturated carbocycles. The van der Waals surface area contributed by atoms with E-state index in [-0.39, 0.29) is 37.6 Å². The number of carbonyl (C=O) groups is 2. The fourth-order valence-corrected chi connectivity index (χ4v) is 4.78. The molecule has 35 heavy (non-hydrogen) atoms. The Kier molecular flexibility index (Phi) is 11.4. The van der Waals surface area contributed by atoms with E-state index in [1.54, 1.807) is 45.0 Å². The molecule has 0 amide bonds. The predicted octanol–water partition coefficient (Wildman–Crippen LogP) is 3.77. The molecule has 0 unspecified atom stereocenters. The minimum absolute atomic E-state index is 0.0910. The standard InChI is InChI=1S/C26H35NO7S/c1-5-32-25(28)23(26(29)33-6-2)16-17-24(34-18-21-10-8-7-9-11-21)20(4)27-35(30,31)22-14-12-19(3)13-15-22/h7-15,20,23-24,27H,5-6,16-18H2,1-4H3/t20-,24+/m0/s1. The third-order valence-corrected chi connectivity index (χ3v) is 6.99. The molecule has 2 rings (SSSR count). The number of hydrogen-bond acceptors (Lipinski definition) is 7. The van der Waals surface area contributed by atoms with Crippen molar-refractivity contribution in [3.05, 3.63) is 65.7 Å². The summed E-state index contributed by atoms with van der Waals surface area (Å²) in [5.41, 5.74) is 1.86. The number of benzene rings is 2. The lowest BCUT2D eigenvalue weighted by molar-refractivity contribution is -0.162. The van der Waals surface area contributed by atoms with Crippen LogP contribution in [0.25, 0.3) is 0 Å². The van der Waals surface area contributed by atoms with Crippen molar-refractivity contribution in [1.82, 2.24) is 4.72 Å². The van der Waals surface area contributed by atoms with Crippen LogP contribution >= 0.6 is 0 Å². The van der Waals surface area contributed by atoms with Crippen LogP contribution in [0, 0.1) is 12.8 Å². The largest absolute Gasteiger partial charge is 0.465 e. The number of sulfonamides is 1. The molecule has 0 aliphatic heterocycles. The topological polar surface area (TPSA) is 108 Å². The lowest BCUT2D eigenvalue weighted by Gasteiger charge is -2.26. The molecule has 9 heteroatoms. The molecule has 0 aromatic heterocycles. The number of carbonyl (C=O) groups excluding carboxylic acids is 2. The van der Waals surface area contributed by atoms with E-state index in [9.17, 15) is 18.0 Å².